The van der Waals surface area contributed by atoms with Gasteiger partial charge in [0.2, 0.25) is 0 Å². The Morgan fingerprint density at radius 2 is 2.12 bits per heavy atom. The standard InChI is InChI=1S/C11H19Cl2N3/c1-4-8(12)6-14-7-10-11(13)9(5-2)15-16(10)3/h8,14H,4-7H2,1-3H3. The van der Waals surface area contributed by atoms with Crippen LogP contribution in [0, 0.1) is 0 Å². The Balaban J connectivity index is 2.56. The highest BCUT2D eigenvalue weighted by Crippen LogP contribution is 2.20. The van der Waals surface area contributed by atoms with Crippen LogP contribution in [0.2, 0.25) is 5.02 Å². The summed E-state index contributed by atoms with van der Waals surface area (Å²) in [6.45, 7) is 5.63. The number of nitrogens with one attached hydrogen (secondary N) is 1. The van der Waals surface area contributed by atoms with E-state index in [0.717, 1.165) is 35.8 Å². The Hall–Kier alpha value is -0.250. The summed E-state index contributed by atoms with van der Waals surface area (Å²) in [7, 11) is 1.92. The summed E-state index contributed by atoms with van der Waals surface area (Å²) < 4.78 is 1.84. The highest BCUT2D eigenvalue weighted by atomic mass is 35.5. The lowest BCUT2D eigenvalue weighted by molar-refractivity contribution is 0.605. The van der Waals surface area contributed by atoms with Crippen LogP contribution in [0.3, 0.4) is 0 Å². The third-order valence-electron chi connectivity index (χ3n) is 2.60. The van der Waals surface area contributed by atoms with Crippen LogP contribution in [0.4, 0.5) is 0 Å². The molecule has 1 N–H and O–H groups in total. The predicted octanol–water partition coefficient (Wildman–Crippen LogP) is 2.74. The van der Waals surface area contributed by atoms with Gasteiger partial charge < -0.3 is 5.32 Å². The van der Waals surface area contributed by atoms with E-state index in [9.17, 15) is 0 Å². The molecule has 0 radical (unpaired) electrons. The van der Waals surface area contributed by atoms with Crippen molar-refractivity contribution in [2.45, 2.75) is 38.6 Å². The first-order valence-corrected chi connectivity index (χ1v) is 6.46. The van der Waals surface area contributed by atoms with Crippen molar-refractivity contribution >= 4 is 23.2 Å². The average Bonchev–Trinajstić information content (AvgIpc) is 2.55. The lowest BCUT2D eigenvalue weighted by Gasteiger charge is -2.08. The molecule has 5 heteroatoms. The van der Waals surface area contributed by atoms with E-state index in [-0.39, 0.29) is 5.38 Å². The van der Waals surface area contributed by atoms with Gasteiger partial charge in [-0.05, 0) is 12.8 Å². The second-order valence-corrected chi connectivity index (χ2v) is 4.82. The molecule has 1 aromatic heterocycles. The Morgan fingerprint density at radius 1 is 1.44 bits per heavy atom. The van der Waals surface area contributed by atoms with Gasteiger partial charge >= 0.3 is 0 Å². The summed E-state index contributed by atoms with van der Waals surface area (Å²) in [4.78, 5) is 0. The van der Waals surface area contributed by atoms with Crippen LogP contribution in [0.25, 0.3) is 0 Å². The fraction of sp³-hybridized carbons (Fsp3) is 0.727. The molecule has 0 amide bonds. The van der Waals surface area contributed by atoms with Gasteiger partial charge in [-0.3, -0.25) is 4.68 Å². The molecule has 0 aliphatic carbocycles. The van der Waals surface area contributed by atoms with Gasteiger partial charge in [0.25, 0.3) is 0 Å². The molecular formula is C11H19Cl2N3. The first-order chi connectivity index (χ1) is 7.60. The molecule has 0 aliphatic heterocycles. The molecule has 0 spiro atoms. The van der Waals surface area contributed by atoms with Crippen LogP contribution in [0.1, 0.15) is 31.7 Å². The topological polar surface area (TPSA) is 29.9 Å². The zero-order valence-corrected chi connectivity index (χ0v) is 11.6. The van der Waals surface area contributed by atoms with Crippen LogP contribution in [0.5, 0.6) is 0 Å². The van der Waals surface area contributed by atoms with Crippen molar-refractivity contribution in [3.05, 3.63) is 16.4 Å². The van der Waals surface area contributed by atoms with Crippen LogP contribution in [0.15, 0.2) is 0 Å². The fourth-order valence-electron chi connectivity index (χ4n) is 1.50. The molecule has 1 heterocycles. The number of hydrogen-bond acceptors (Lipinski definition) is 2. The Bertz CT molecular complexity index is 336. The molecule has 0 aliphatic rings. The Labute approximate surface area is 107 Å². The van der Waals surface area contributed by atoms with Crippen molar-refractivity contribution in [1.29, 1.82) is 0 Å². The van der Waals surface area contributed by atoms with Gasteiger partial charge in [0.05, 0.1) is 16.4 Å². The van der Waals surface area contributed by atoms with E-state index in [2.05, 4.69) is 24.3 Å². The summed E-state index contributed by atoms with van der Waals surface area (Å²) in [5.74, 6) is 0. The van der Waals surface area contributed by atoms with Crippen molar-refractivity contribution in [3.63, 3.8) is 0 Å². The summed E-state index contributed by atoms with van der Waals surface area (Å²) in [6.07, 6.45) is 1.83. The van der Waals surface area contributed by atoms with E-state index in [1.54, 1.807) is 0 Å². The van der Waals surface area contributed by atoms with Crippen molar-refractivity contribution in [1.82, 2.24) is 15.1 Å². The molecule has 3 nitrogen and oxygen atoms in total. The van der Waals surface area contributed by atoms with Crippen LogP contribution >= 0.6 is 23.2 Å². The fourth-order valence-corrected chi connectivity index (χ4v) is 1.97. The van der Waals surface area contributed by atoms with Gasteiger partial charge in [-0.15, -0.1) is 11.6 Å². The van der Waals surface area contributed by atoms with E-state index in [1.165, 1.54) is 0 Å². The number of nitrogens with zero attached hydrogens (tertiary/aromatic N) is 2. The second kappa shape index (κ2) is 6.48. The summed E-state index contributed by atoms with van der Waals surface area (Å²) in [5.41, 5.74) is 1.98. The molecule has 0 aromatic carbocycles. The third kappa shape index (κ3) is 3.37. The van der Waals surface area contributed by atoms with Gasteiger partial charge in [0.15, 0.2) is 0 Å². The third-order valence-corrected chi connectivity index (χ3v) is 3.50. The number of alkyl halides is 1. The maximum atomic E-state index is 6.22. The minimum atomic E-state index is 0.178. The van der Waals surface area contributed by atoms with Crippen molar-refractivity contribution < 1.29 is 0 Å². The lowest BCUT2D eigenvalue weighted by Crippen LogP contribution is -2.23. The van der Waals surface area contributed by atoms with Crippen LogP contribution < -0.4 is 5.32 Å². The zero-order chi connectivity index (χ0) is 12.1. The highest BCUT2D eigenvalue weighted by molar-refractivity contribution is 6.31. The first-order valence-electron chi connectivity index (χ1n) is 5.65. The first kappa shape index (κ1) is 13.8. The minimum Gasteiger partial charge on any atom is -0.310 e. The van der Waals surface area contributed by atoms with Crippen molar-refractivity contribution in [3.8, 4) is 0 Å². The molecule has 16 heavy (non-hydrogen) atoms. The molecule has 1 aromatic rings. The van der Waals surface area contributed by atoms with Gasteiger partial charge in [0.1, 0.15) is 0 Å². The average molecular weight is 264 g/mol. The van der Waals surface area contributed by atoms with Crippen molar-refractivity contribution in [2.75, 3.05) is 6.54 Å². The molecule has 0 saturated carbocycles. The van der Waals surface area contributed by atoms with Gasteiger partial charge in [-0.1, -0.05) is 25.4 Å². The predicted molar refractivity (Wildman–Crippen MR) is 69.2 cm³/mol. The Morgan fingerprint density at radius 3 is 2.62 bits per heavy atom. The molecule has 0 bridgehead atoms. The monoisotopic (exact) mass is 263 g/mol. The molecular weight excluding hydrogens is 245 g/mol. The molecule has 1 atom stereocenters. The van der Waals surface area contributed by atoms with E-state index < -0.39 is 0 Å². The lowest BCUT2D eigenvalue weighted by atomic mass is 10.3. The summed E-state index contributed by atoms with van der Waals surface area (Å²) in [6, 6.07) is 0. The van der Waals surface area contributed by atoms with Gasteiger partial charge in [0, 0.05) is 25.5 Å². The molecule has 1 unspecified atom stereocenters. The molecule has 0 fully saturated rings. The minimum absolute atomic E-state index is 0.178. The SMILES string of the molecule is CCc1nn(C)c(CNCC(Cl)CC)c1Cl. The number of aryl methyl sites for hydroxylation is 2. The normalized spacial score (nSPS) is 13.1. The van der Waals surface area contributed by atoms with Gasteiger partial charge in [-0.25, -0.2) is 0 Å². The van der Waals surface area contributed by atoms with E-state index in [4.69, 9.17) is 23.2 Å². The number of rotatable bonds is 6. The van der Waals surface area contributed by atoms with Crippen molar-refractivity contribution in [2.24, 2.45) is 7.05 Å². The quantitative estimate of drug-likeness (QED) is 0.801. The molecule has 92 valence electrons. The van der Waals surface area contributed by atoms with E-state index >= 15 is 0 Å². The zero-order valence-electron chi connectivity index (χ0n) is 10.1. The second-order valence-electron chi connectivity index (χ2n) is 3.82. The number of halogens is 2. The molecule has 1 rings (SSSR count). The van der Waals surface area contributed by atoms with E-state index in [0.29, 0.717) is 6.54 Å². The smallest absolute Gasteiger partial charge is 0.0863 e. The van der Waals surface area contributed by atoms with Crippen LogP contribution in [-0.4, -0.2) is 21.7 Å². The maximum Gasteiger partial charge on any atom is 0.0863 e. The highest BCUT2D eigenvalue weighted by Gasteiger charge is 2.12. The largest absolute Gasteiger partial charge is 0.310 e. The van der Waals surface area contributed by atoms with Gasteiger partial charge in [-0.2, -0.15) is 5.10 Å². The number of hydrogen-bond donors (Lipinski definition) is 1. The maximum absolute atomic E-state index is 6.22. The number of aromatic nitrogens is 2. The summed E-state index contributed by atoms with van der Waals surface area (Å²) >= 11 is 12.2. The van der Waals surface area contributed by atoms with E-state index in [1.807, 2.05) is 11.7 Å². The Kier molecular flexibility index (Phi) is 5.59. The van der Waals surface area contributed by atoms with Crippen LogP contribution in [-0.2, 0) is 20.0 Å². The molecule has 0 saturated heterocycles. The summed E-state index contributed by atoms with van der Waals surface area (Å²) in [5, 5.41) is 8.61.